The lowest BCUT2D eigenvalue weighted by Crippen LogP contribution is -2.38. The zero-order chi connectivity index (χ0) is 13.8. The van der Waals surface area contributed by atoms with Crippen LogP contribution >= 0.6 is 0 Å². The fraction of sp³-hybridized carbons (Fsp3) is 0.733. The molecule has 1 aliphatic carbocycles. The van der Waals surface area contributed by atoms with Crippen molar-refractivity contribution >= 4 is 5.82 Å². The predicted octanol–water partition coefficient (Wildman–Crippen LogP) is 2.09. The Morgan fingerprint density at radius 3 is 2.90 bits per heavy atom. The summed E-state index contributed by atoms with van der Waals surface area (Å²) >= 11 is 0. The fourth-order valence-corrected chi connectivity index (χ4v) is 3.10. The average molecular weight is 277 g/mol. The monoisotopic (exact) mass is 277 g/mol. The second-order valence-corrected chi connectivity index (χ2v) is 6.03. The second kappa shape index (κ2) is 6.06. The van der Waals surface area contributed by atoms with E-state index in [1.807, 2.05) is 6.07 Å². The molecule has 1 aromatic heterocycles. The summed E-state index contributed by atoms with van der Waals surface area (Å²) in [6.07, 6.45) is 7.87. The van der Waals surface area contributed by atoms with Gasteiger partial charge in [0, 0.05) is 25.1 Å². The molecule has 1 saturated carbocycles. The summed E-state index contributed by atoms with van der Waals surface area (Å²) in [4.78, 5) is 8.59. The molecule has 0 bridgehead atoms. The molecule has 0 aromatic carbocycles. The van der Waals surface area contributed by atoms with Crippen LogP contribution in [-0.2, 0) is 4.74 Å². The fourth-order valence-electron chi connectivity index (χ4n) is 3.10. The zero-order valence-corrected chi connectivity index (χ0v) is 11.8. The quantitative estimate of drug-likeness (QED) is 0.882. The van der Waals surface area contributed by atoms with Gasteiger partial charge in [0.05, 0.1) is 17.9 Å². The summed E-state index contributed by atoms with van der Waals surface area (Å²) in [6.45, 7) is 2.14. The lowest BCUT2D eigenvalue weighted by Gasteiger charge is -2.32. The summed E-state index contributed by atoms with van der Waals surface area (Å²) in [5.74, 6) is 1.19. The van der Waals surface area contributed by atoms with E-state index in [0.717, 1.165) is 56.8 Å². The third kappa shape index (κ3) is 3.27. The van der Waals surface area contributed by atoms with Crippen molar-refractivity contribution in [1.82, 2.24) is 9.97 Å². The average Bonchev–Trinajstić information content (AvgIpc) is 3.01. The van der Waals surface area contributed by atoms with Crippen LogP contribution in [0.3, 0.4) is 0 Å². The van der Waals surface area contributed by atoms with Crippen LogP contribution in [-0.4, -0.2) is 40.4 Å². The Labute approximate surface area is 119 Å². The highest BCUT2D eigenvalue weighted by Gasteiger charge is 2.29. The Morgan fingerprint density at radius 2 is 2.15 bits per heavy atom. The Morgan fingerprint density at radius 1 is 1.30 bits per heavy atom. The van der Waals surface area contributed by atoms with Gasteiger partial charge in [-0.1, -0.05) is 19.3 Å². The summed E-state index contributed by atoms with van der Waals surface area (Å²) < 4.78 is 5.40. The molecule has 2 N–H and O–H groups in total. The van der Waals surface area contributed by atoms with E-state index in [0.29, 0.717) is 12.5 Å². The minimum atomic E-state index is -0.570. The second-order valence-electron chi connectivity index (χ2n) is 6.03. The molecule has 5 nitrogen and oxygen atoms in total. The Kier molecular flexibility index (Phi) is 4.17. The number of ether oxygens (including phenoxy) is 1. The van der Waals surface area contributed by atoms with Crippen LogP contribution in [0.25, 0.3) is 0 Å². The van der Waals surface area contributed by atoms with Gasteiger partial charge in [-0.05, 0) is 19.3 Å². The van der Waals surface area contributed by atoms with E-state index >= 15 is 0 Å². The van der Waals surface area contributed by atoms with Gasteiger partial charge in [-0.2, -0.15) is 0 Å². The number of nitrogens with zero attached hydrogens (tertiary/aromatic N) is 2. The predicted molar refractivity (Wildman–Crippen MR) is 76.7 cm³/mol. The molecule has 3 rings (SSSR count). The van der Waals surface area contributed by atoms with Crippen LogP contribution in [0, 0.1) is 0 Å². The van der Waals surface area contributed by atoms with E-state index in [-0.39, 0.29) is 0 Å². The Bertz CT molecular complexity index is 440. The number of hydrogen-bond acceptors (Lipinski definition) is 5. The summed E-state index contributed by atoms with van der Waals surface area (Å²) in [6, 6.07) is 1.99. The molecule has 2 fully saturated rings. The maximum absolute atomic E-state index is 10.5. The first kappa shape index (κ1) is 13.8. The largest absolute Gasteiger partial charge is 0.388 e. The van der Waals surface area contributed by atoms with Gasteiger partial charge in [-0.25, -0.2) is 9.97 Å². The highest BCUT2D eigenvalue weighted by Crippen LogP contribution is 2.28. The molecule has 110 valence electrons. The summed E-state index contributed by atoms with van der Waals surface area (Å²) in [5.41, 5.74) is 0.468. The summed E-state index contributed by atoms with van der Waals surface area (Å²) in [5, 5.41) is 13.8. The van der Waals surface area contributed by atoms with E-state index in [1.165, 1.54) is 6.42 Å². The van der Waals surface area contributed by atoms with Crippen molar-refractivity contribution in [3.05, 3.63) is 18.1 Å². The molecule has 2 heterocycles. The van der Waals surface area contributed by atoms with Gasteiger partial charge >= 0.3 is 0 Å². The van der Waals surface area contributed by atoms with Crippen LogP contribution in [0.5, 0.6) is 0 Å². The van der Waals surface area contributed by atoms with Gasteiger partial charge in [0.25, 0.3) is 0 Å². The maximum Gasteiger partial charge on any atom is 0.129 e. The van der Waals surface area contributed by atoms with Crippen LogP contribution in [0.4, 0.5) is 5.82 Å². The Balaban J connectivity index is 1.60. The van der Waals surface area contributed by atoms with E-state index in [1.54, 1.807) is 6.33 Å². The third-order valence-electron chi connectivity index (χ3n) is 4.42. The van der Waals surface area contributed by atoms with E-state index in [2.05, 4.69) is 15.3 Å². The normalized spacial score (nSPS) is 25.6. The molecule has 2 aliphatic rings. The van der Waals surface area contributed by atoms with Crippen molar-refractivity contribution in [1.29, 1.82) is 0 Å². The molecule has 1 aliphatic heterocycles. The van der Waals surface area contributed by atoms with Crippen LogP contribution in [0.15, 0.2) is 12.4 Å². The number of aliphatic hydroxyl groups is 1. The molecule has 1 aromatic rings. The highest BCUT2D eigenvalue weighted by molar-refractivity contribution is 5.36. The number of rotatable bonds is 4. The Hall–Kier alpha value is -1.20. The van der Waals surface area contributed by atoms with E-state index in [9.17, 15) is 5.11 Å². The topological polar surface area (TPSA) is 67.3 Å². The number of hydrogen-bond donors (Lipinski definition) is 2. The van der Waals surface area contributed by atoms with Crippen LogP contribution < -0.4 is 5.32 Å². The molecule has 0 spiro atoms. The molecule has 1 atom stereocenters. The van der Waals surface area contributed by atoms with Gasteiger partial charge in [-0.3, -0.25) is 0 Å². The van der Waals surface area contributed by atoms with Crippen LogP contribution in [0.1, 0.15) is 50.1 Å². The highest BCUT2D eigenvalue weighted by atomic mass is 16.5. The molecule has 0 amide bonds. The number of aromatic nitrogens is 2. The van der Waals surface area contributed by atoms with Crippen molar-refractivity contribution < 1.29 is 9.84 Å². The third-order valence-corrected chi connectivity index (χ3v) is 4.42. The first-order chi connectivity index (χ1) is 9.75. The van der Waals surface area contributed by atoms with Crippen molar-refractivity contribution in [2.75, 3.05) is 25.1 Å². The lowest BCUT2D eigenvalue weighted by molar-refractivity contribution is 0.0166. The van der Waals surface area contributed by atoms with E-state index < -0.39 is 5.60 Å². The smallest absolute Gasteiger partial charge is 0.129 e. The number of anilines is 1. The van der Waals surface area contributed by atoms with Gasteiger partial charge in [0.15, 0.2) is 0 Å². The SMILES string of the molecule is OC1(CNc2cc([C@@H]3CCOC3)ncn2)CCCCC1. The molecular formula is C15H23N3O2. The van der Waals surface area contributed by atoms with Crippen molar-refractivity contribution in [3.63, 3.8) is 0 Å². The van der Waals surface area contributed by atoms with E-state index in [4.69, 9.17) is 4.74 Å². The van der Waals surface area contributed by atoms with Crippen molar-refractivity contribution in [2.24, 2.45) is 0 Å². The van der Waals surface area contributed by atoms with Gasteiger partial charge in [0.2, 0.25) is 0 Å². The minimum absolute atomic E-state index is 0.385. The molecule has 0 unspecified atom stereocenters. The van der Waals surface area contributed by atoms with Crippen molar-refractivity contribution in [3.8, 4) is 0 Å². The lowest BCUT2D eigenvalue weighted by atomic mass is 9.85. The molecule has 5 heteroatoms. The molecule has 20 heavy (non-hydrogen) atoms. The summed E-state index contributed by atoms with van der Waals surface area (Å²) in [7, 11) is 0. The first-order valence-corrected chi connectivity index (χ1v) is 7.61. The van der Waals surface area contributed by atoms with Crippen molar-refractivity contribution in [2.45, 2.75) is 50.0 Å². The van der Waals surface area contributed by atoms with Gasteiger partial charge < -0.3 is 15.2 Å². The standard InChI is InChI=1S/C15H23N3O2/c19-15(5-2-1-3-6-15)10-16-14-8-13(17-11-18-14)12-4-7-20-9-12/h8,11-12,19H,1-7,9-10H2,(H,16,17,18)/t12-/m1/s1. The van der Waals surface area contributed by atoms with Gasteiger partial charge in [0.1, 0.15) is 12.1 Å². The molecule has 1 saturated heterocycles. The first-order valence-electron chi connectivity index (χ1n) is 7.61. The number of nitrogens with one attached hydrogen (secondary N) is 1. The minimum Gasteiger partial charge on any atom is -0.388 e. The molecular weight excluding hydrogens is 254 g/mol. The van der Waals surface area contributed by atoms with Crippen LogP contribution in [0.2, 0.25) is 0 Å². The molecule has 0 radical (unpaired) electrons. The van der Waals surface area contributed by atoms with Gasteiger partial charge in [-0.15, -0.1) is 0 Å². The maximum atomic E-state index is 10.5. The zero-order valence-electron chi connectivity index (χ0n) is 11.8.